The van der Waals surface area contributed by atoms with Crippen LogP contribution < -0.4 is 5.32 Å². The third kappa shape index (κ3) is 4.39. The smallest absolute Gasteiger partial charge is 0.123 e. The number of nitrogens with zero attached hydrogens (tertiary/aromatic N) is 1. The van der Waals surface area contributed by atoms with Gasteiger partial charge in [0.1, 0.15) is 5.82 Å². The molecule has 0 radical (unpaired) electrons. The Morgan fingerprint density at radius 1 is 1.22 bits per heavy atom. The van der Waals surface area contributed by atoms with Gasteiger partial charge in [-0.05, 0) is 56.1 Å². The van der Waals surface area contributed by atoms with Crippen molar-refractivity contribution in [1.29, 1.82) is 0 Å². The summed E-state index contributed by atoms with van der Waals surface area (Å²) < 4.78 is 12.7. The lowest BCUT2D eigenvalue weighted by atomic mass is 10.1. The van der Waals surface area contributed by atoms with Crippen LogP contribution >= 0.6 is 0 Å². The number of hydrogen-bond donors (Lipinski definition) is 1. The summed E-state index contributed by atoms with van der Waals surface area (Å²) in [4.78, 5) is 2.55. The maximum absolute atomic E-state index is 12.7. The zero-order valence-electron chi connectivity index (χ0n) is 11.2. The molecule has 0 aliphatic carbocycles. The van der Waals surface area contributed by atoms with E-state index in [9.17, 15) is 4.39 Å². The lowest BCUT2D eigenvalue weighted by Gasteiger charge is -2.20. The lowest BCUT2D eigenvalue weighted by Crippen LogP contribution is -2.31. The molecule has 1 aromatic rings. The van der Waals surface area contributed by atoms with Crippen molar-refractivity contribution in [2.75, 3.05) is 26.2 Å². The van der Waals surface area contributed by atoms with Crippen LogP contribution in [0.5, 0.6) is 0 Å². The van der Waals surface area contributed by atoms with Crippen LogP contribution in [-0.4, -0.2) is 31.1 Å². The molecule has 1 fully saturated rings. The van der Waals surface area contributed by atoms with E-state index in [1.165, 1.54) is 44.6 Å². The van der Waals surface area contributed by atoms with Gasteiger partial charge >= 0.3 is 0 Å². The number of benzene rings is 1. The first kappa shape index (κ1) is 13.5. The van der Waals surface area contributed by atoms with Crippen LogP contribution in [0.25, 0.3) is 0 Å². The van der Waals surface area contributed by atoms with E-state index in [1.807, 2.05) is 12.1 Å². The Morgan fingerprint density at radius 3 is 2.56 bits per heavy atom. The Labute approximate surface area is 109 Å². The summed E-state index contributed by atoms with van der Waals surface area (Å²) in [6.07, 6.45) is 2.71. The molecule has 100 valence electrons. The van der Waals surface area contributed by atoms with E-state index in [-0.39, 0.29) is 5.82 Å². The summed E-state index contributed by atoms with van der Waals surface area (Å²) in [7, 11) is 0. The Balaban J connectivity index is 1.63. The maximum atomic E-state index is 12.7. The van der Waals surface area contributed by atoms with Crippen molar-refractivity contribution in [2.45, 2.75) is 26.3 Å². The van der Waals surface area contributed by atoms with Crippen LogP contribution in [0.4, 0.5) is 4.39 Å². The molecule has 1 saturated heterocycles. The highest BCUT2D eigenvalue weighted by atomic mass is 19.1. The van der Waals surface area contributed by atoms with E-state index in [0.717, 1.165) is 18.7 Å². The quantitative estimate of drug-likeness (QED) is 0.835. The van der Waals surface area contributed by atoms with E-state index in [2.05, 4.69) is 17.1 Å². The van der Waals surface area contributed by atoms with E-state index in [4.69, 9.17) is 0 Å². The predicted octanol–water partition coefficient (Wildman–Crippen LogP) is 2.65. The lowest BCUT2D eigenvalue weighted by molar-refractivity contribution is 0.282. The molecule has 2 rings (SSSR count). The second-order valence-corrected chi connectivity index (χ2v) is 5.37. The first-order valence-corrected chi connectivity index (χ1v) is 6.91. The van der Waals surface area contributed by atoms with E-state index in [1.54, 1.807) is 0 Å². The minimum Gasteiger partial charge on any atom is -0.312 e. The van der Waals surface area contributed by atoms with Crippen molar-refractivity contribution in [3.05, 3.63) is 35.6 Å². The van der Waals surface area contributed by atoms with Crippen molar-refractivity contribution >= 4 is 0 Å². The topological polar surface area (TPSA) is 15.3 Å². The molecule has 0 aromatic heterocycles. The summed E-state index contributed by atoms with van der Waals surface area (Å²) >= 11 is 0. The van der Waals surface area contributed by atoms with Gasteiger partial charge in [0.15, 0.2) is 0 Å². The van der Waals surface area contributed by atoms with Crippen LogP contribution in [0.2, 0.25) is 0 Å². The molecule has 1 heterocycles. The summed E-state index contributed by atoms with van der Waals surface area (Å²) in [5.74, 6) is 0.504. The number of hydrogen-bond acceptors (Lipinski definition) is 2. The molecular weight excluding hydrogens is 227 g/mol. The Hall–Kier alpha value is -0.930. The van der Waals surface area contributed by atoms with Crippen molar-refractivity contribution in [1.82, 2.24) is 10.2 Å². The monoisotopic (exact) mass is 250 g/mol. The molecule has 0 spiro atoms. The Kier molecular flexibility index (Phi) is 5.14. The van der Waals surface area contributed by atoms with Gasteiger partial charge in [-0.15, -0.1) is 0 Å². The van der Waals surface area contributed by atoms with Gasteiger partial charge in [-0.2, -0.15) is 0 Å². The van der Waals surface area contributed by atoms with Gasteiger partial charge in [-0.3, -0.25) is 0 Å². The molecule has 1 aromatic carbocycles. The molecule has 3 heteroatoms. The Morgan fingerprint density at radius 2 is 1.89 bits per heavy atom. The van der Waals surface area contributed by atoms with Crippen LogP contribution in [0.15, 0.2) is 24.3 Å². The molecule has 18 heavy (non-hydrogen) atoms. The van der Waals surface area contributed by atoms with E-state index < -0.39 is 0 Å². The summed E-state index contributed by atoms with van der Waals surface area (Å²) in [6.45, 7) is 7.86. The zero-order valence-corrected chi connectivity index (χ0v) is 11.2. The summed E-state index contributed by atoms with van der Waals surface area (Å²) in [5, 5.41) is 3.45. The van der Waals surface area contributed by atoms with Crippen LogP contribution in [0, 0.1) is 11.7 Å². The third-order valence-electron chi connectivity index (χ3n) is 3.50. The normalized spacial score (nSPS) is 18.1. The molecule has 0 amide bonds. The zero-order chi connectivity index (χ0) is 12.8. The second-order valence-electron chi connectivity index (χ2n) is 5.37. The van der Waals surface area contributed by atoms with Crippen molar-refractivity contribution in [3.63, 3.8) is 0 Å². The minimum atomic E-state index is -0.166. The molecule has 1 N–H and O–H groups in total. The van der Waals surface area contributed by atoms with Crippen molar-refractivity contribution < 1.29 is 4.39 Å². The van der Waals surface area contributed by atoms with Gasteiger partial charge in [-0.25, -0.2) is 4.39 Å². The van der Waals surface area contributed by atoms with Crippen molar-refractivity contribution in [2.24, 2.45) is 5.92 Å². The van der Waals surface area contributed by atoms with E-state index in [0.29, 0.717) is 5.92 Å². The molecule has 1 unspecified atom stereocenters. The first-order valence-electron chi connectivity index (χ1n) is 6.91. The largest absolute Gasteiger partial charge is 0.312 e. The number of halogens is 1. The highest BCUT2D eigenvalue weighted by molar-refractivity contribution is 5.15. The third-order valence-corrected chi connectivity index (χ3v) is 3.50. The van der Waals surface area contributed by atoms with Gasteiger partial charge in [0.05, 0.1) is 0 Å². The van der Waals surface area contributed by atoms with Gasteiger partial charge in [-0.1, -0.05) is 19.1 Å². The SMILES string of the molecule is CC(CNCc1ccc(F)cc1)CN1CCCC1. The van der Waals surface area contributed by atoms with Gasteiger partial charge in [0, 0.05) is 13.1 Å². The van der Waals surface area contributed by atoms with Crippen LogP contribution in [0.1, 0.15) is 25.3 Å². The Bertz CT molecular complexity index is 344. The standard InChI is InChI=1S/C15H23FN2/c1-13(12-18-8-2-3-9-18)10-17-11-14-4-6-15(16)7-5-14/h4-7,13,17H,2-3,8-12H2,1H3. The number of rotatable bonds is 6. The fourth-order valence-corrected chi connectivity index (χ4v) is 2.54. The van der Waals surface area contributed by atoms with Gasteiger partial charge < -0.3 is 10.2 Å². The van der Waals surface area contributed by atoms with Crippen LogP contribution in [-0.2, 0) is 6.54 Å². The highest BCUT2D eigenvalue weighted by Gasteiger charge is 2.14. The molecule has 1 aliphatic heterocycles. The van der Waals surface area contributed by atoms with Crippen LogP contribution in [0.3, 0.4) is 0 Å². The molecule has 2 nitrogen and oxygen atoms in total. The minimum absolute atomic E-state index is 0.166. The summed E-state index contributed by atoms with van der Waals surface area (Å²) in [6, 6.07) is 6.72. The molecular formula is C15H23FN2. The average molecular weight is 250 g/mol. The average Bonchev–Trinajstić information content (AvgIpc) is 2.84. The predicted molar refractivity (Wildman–Crippen MR) is 72.9 cm³/mol. The second kappa shape index (κ2) is 6.86. The fourth-order valence-electron chi connectivity index (χ4n) is 2.54. The number of nitrogens with one attached hydrogen (secondary N) is 1. The highest BCUT2D eigenvalue weighted by Crippen LogP contribution is 2.10. The maximum Gasteiger partial charge on any atom is 0.123 e. The van der Waals surface area contributed by atoms with Gasteiger partial charge in [0.2, 0.25) is 0 Å². The first-order chi connectivity index (χ1) is 8.74. The fraction of sp³-hybridized carbons (Fsp3) is 0.600. The molecule has 0 bridgehead atoms. The number of likely N-dealkylation sites (tertiary alicyclic amines) is 1. The van der Waals surface area contributed by atoms with Crippen molar-refractivity contribution in [3.8, 4) is 0 Å². The van der Waals surface area contributed by atoms with E-state index >= 15 is 0 Å². The summed E-state index contributed by atoms with van der Waals surface area (Å²) in [5.41, 5.74) is 1.14. The molecule has 0 saturated carbocycles. The molecule has 1 atom stereocenters. The molecule has 1 aliphatic rings. The van der Waals surface area contributed by atoms with Gasteiger partial charge in [0.25, 0.3) is 0 Å².